The molecule has 0 aliphatic carbocycles. The number of carbonyl (C=O) groups is 2. The molecule has 0 fully saturated rings. The number of amides is 1. The quantitative estimate of drug-likeness (QED) is 0.839. The van der Waals surface area contributed by atoms with Crippen LogP contribution in [-0.4, -0.2) is 18.8 Å². The number of halogens is 1. The van der Waals surface area contributed by atoms with Crippen LogP contribution in [0.3, 0.4) is 0 Å². The molecule has 0 aliphatic rings. The summed E-state index contributed by atoms with van der Waals surface area (Å²) in [6.45, 7) is 5.47. The standard InChI is InChI=1S/C18H18ClNO3/c1-11-4-5-16(15(19)6-11)20-17(22)10-23-18-12(2)7-14(9-21)8-13(18)3/h4-9H,10H2,1-3H3,(H,20,22). The van der Waals surface area contributed by atoms with Gasteiger partial charge in [0.2, 0.25) is 0 Å². The van der Waals surface area contributed by atoms with Crippen molar-refractivity contribution in [1.29, 1.82) is 0 Å². The summed E-state index contributed by atoms with van der Waals surface area (Å²) in [5.41, 5.74) is 3.78. The number of hydrogen-bond acceptors (Lipinski definition) is 3. The lowest BCUT2D eigenvalue weighted by atomic mass is 10.1. The predicted octanol–water partition coefficient (Wildman–Crippen LogP) is 4.10. The molecule has 0 bridgehead atoms. The summed E-state index contributed by atoms with van der Waals surface area (Å²) in [6, 6.07) is 8.86. The molecule has 0 atom stereocenters. The number of rotatable bonds is 5. The van der Waals surface area contributed by atoms with Crippen molar-refractivity contribution in [3.8, 4) is 5.75 Å². The smallest absolute Gasteiger partial charge is 0.262 e. The van der Waals surface area contributed by atoms with Gasteiger partial charge in [-0.25, -0.2) is 0 Å². The summed E-state index contributed by atoms with van der Waals surface area (Å²) in [7, 11) is 0. The Morgan fingerprint density at radius 3 is 2.39 bits per heavy atom. The number of hydrogen-bond donors (Lipinski definition) is 1. The van der Waals surface area contributed by atoms with Crippen molar-refractivity contribution in [3.63, 3.8) is 0 Å². The van der Waals surface area contributed by atoms with Crippen LogP contribution in [0.15, 0.2) is 30.3 Å². The fourth-order valence-corrected chi connectivity index (χ4v) is 2.61. The summed E-state index contributed by atoms with van der Waals surface area (Å²) in [6.07, 6.45) is 0.788. The van der Waals surface area contributed by atoms with Gasteiger partial charge in [-0.3, -0.25) is 9.59 Å². The van der Waals surface area contributed by atoms with Gasteiger partial charge in [0.1, 0.15) is 12.0 Å². The molecule has 0 heterocycles. The van der Waals surface area contributed by atoms with E-state index >= 15 is 0 Å². The van der Waals surface area contributed by atoms with Crippen molar-refractivity contribution in [2.75, 3.05) is 11.9 Å². The minimum absolute atomic E-state index is 0.133. The lowest BCUT2D eigenvalue weighted by Gasteiger charge is -2.13. The molecule has 2 aromatic rings. The van der Waals surface area contributed by atoms with Crippen molar-refractivity contribution in [2.24, 2.45) is 0 Å². The lowest BCUT2D eigenvalue weighted by molar-refractivity contribution is -0.118. The summed E-state index contributed by atoms with van der Waals surface area (Å²) in [5.74, 6) is 0.315. The minimum atomic E-state index is -0.297. The second kappa shape index (κ2) is 7.29. The van der Waals surface area contributed by atoms with Crippen molar-refractivity contribution in [1.82, 2.24) is 0 Å². The molecule has 0 aliphatic heterocycles. The molecule has 0 aromatic heterocycles. The second-order valence-electron chi connectivity index (χ2n) is 5.42. The van der Waals surface area contributed by atoms with Crippen LogP contribution in [-0.2, 0) is 4.79 Å². The molecule has 2 aromatic carbocycles. The largest absolute Gasteiger partial charge is 0.483 e. The third-order valence-corrected chi connectivity index (χ3v) is 3.68. The monoisotopic (exact) mass is 331 g/mol. The van der Waals surface area contributed by atoms with E-state index in [2.05, 4.69) is 5.32 Å². The van der Waals surface area contributed by atoms with E-state index in [4.69, 9.17) is 16.3 Å². The predicted molar refractivity (Wildman–Crippen MR) is 91.6 cm³/mol. The summed E-state index contributed by atoms with van der Waals surface area (Å²) in [4.78, 5) is 22.8. The first-order valence-electron chi connectivity index (χ1n) is 7.16. The van der Waals surface area contributed by atoms with Crippen LogP contribution in [0.4, 0.5) is 5.69 Å². The van der Waals surface area contributed by atoms with Crippen LogP contribution in [0, 0.1) is 20.8 Å². The summed E-state index contributed by atoms with van der Waals surface area (Å²) in [5, 5.41) is 3.20. The number of benzene rings is 2. The number of aldehydes is 1. The molecular weight excluding hydrogens is 314 g/mol. The highest BCUT2D eigenvalue weighted by atomic mass is 35.5. The number of carbonyl (C=O) groups excluding carboxylic acids is 2. The molecule has 4 nitrogen and oxygen atoms in total. The van der Waals surface area contributed by atoms with Gasteiger partial charge >= 0.3 is 0 Å². The Balaban J connectivity index is 2.03. The van der Waals surface area contributed by atoms with E-state index in [0.717, 1.165) is 23.0 Å². The maximum absolute atomic E-state index is 12.0. The Labute approximate surface area is 140 Å². The minimum Gasteiger partial charge on any atom is -0.483 e. The van der Waals surface area contributed by atoms with E-state index in [-0.39, 0.29) is 12.5 Å². The van der Waals surface area contributed by atoms with Crippen molar-refractivity contribution >= 4 is 29.5 Å². The van der Waals surface area contributed by atoms with Gasteiger partial charge < -0.3 is 10.1 Å². The van der Waals surface area contributed by atoms with E-state index in [0.29, 0.717) is 22.0 Å². The Bertz CT molecular complexity index is 733. The van der Waals surface area contributed by atoms with Gasteiger partial charge in [0.25, 0.3) is 5.91 Å². The van der Waals surface area contributed by atoms with Crippen LogP contribution in [0.5, 0.6) is 5.75 Å². The first kappa shape index (κ1) is 17.0. The summed E-state index contributed by atoms with van der Waals surface area (Å²) >= 11 is 6.09. The zero-order chi connectivity index (χ0) is 17.0. The summed E-state index contributed by atoms with van der Waals surface area (Å²) < 4.78 is 5.59. The van der Waals surface area contributed by atoms with E-state index in [1.54, 1.807) is 24.3 Å². The van der Waals surface area contributed by atoms with Crippen LogP contribution >= 0.6 is 11.6 Å². The lowest BCUT2D eigenvalue weighted by Crippen LogP contribution is -2.21. The van der Waals surface area contributed by atoms with Gasteiger partial charge in [-0.1, -0.05) is 17.7 Å². The average Bonchev–Trinajstić information content (AvgIpc) is 2.49. The van der Waals surface area contributed by atoms with Gasteiger partial charge in [-0.2, -0.15) is 0 Å². The SMILES string of the molecule is Cc1ccc(NC(=O)COc2c(C)cc(C=O)cc2C)c(Cl)c1. The van der Waals surface area contributed by atoms with Crippen molar-refractivity contribution in [2.45, 2.75) is 20.8 Å². The van der Waals surface area contributed by atoms with E-state index in [1.165, 1.54) is 0 Å². The van der Waals surface area contributed by atoms with Gasteiger partial charge in [0, 0.05) is 5.56 Å². The first-order chi connectivity index (χ1) is 10.9. The fourth-order valence-electron chi connectivity index (χ4n) is 2.32. The maximum Gasteiger partial charge on any atom is 0.262 e. The normalized spacial score (nSPS) is 10.3. The Hall–Kier alpha value is -2.33. The van der Waals surface area contributed by atoms with Crippen molar-refractivity contribution < 1.29 is 14.3 Å². The molecule has 0 radical (unpaired) electrons. The molecule has 1 amide bonds. The van der Waals surface area contributed by atoms with Crippen LogP contribution in [0.2, 0.25) is 5.02 Å². The number of ether oxygens (including phenoxy) is 1. The molecule has 1 N–H and O–H groups in total. The second-order valence-corrected chi connectivity index (χ2v) is 5.83. The third-order valence-electron chi connectivity index (χ3n) is 3.37. The topological polar surface area (TPSA) is 55.4 Å². The van der Waals surface area contributed by atoms with Gasteiger partial charge in [0.05, 0.1) is 10.7 Å². The molecule has 0 saturated heterocycles. The third kappa shape index (κ3) is 4.33. The van der Waals surface area contributed by atoms with E-state index in [9.17, 15) is 9.59 Å². The highest BCUT2D eigenvalue weighted by Gasteiger charge is 2.10. The molecule has 0 unspecified atom stereocenters. The van der Waals surface area contributed by atoms with Gasteiger partial charge in [-0.15, -0.1) is 0 Å². The molecule has 0 saturated carbocycles. The van der Waals surface area contributed by atoms with Crippen LogP contribution in [0.1, 0.15) is 27.0 Å². The first-order valence-corrected chi connectivity index (χ1v) is 7.53. The highest BCUT2D eigenvalue weighted by Crippen LogP contribution is 2.25. The van der Waals surface area contributed by atoms with Gasteiger partial charge in [0.15, 0.2) is 6.61 Å². The van der Waals surface area contributed by atoms with Gasteiger partial charge in [-0.05, 0) is 61.7 Å². The van der Waals surface area contributed by atoms with Crippen molar-refractivity contribution in [3.05, 3.63) is 57.6 Å². The highest BCUT2D eigenvalue weighted by molar-refractivity contribution is 6.33. The van der Waals surface area contributed by atoms with Crippen LogP contribution in [0.25, 0.3) is 0 Å². The molecule has 23 heavy (non-hydrogen) atoms. The molecule has 2 rings (SSSR count). The van der Waals surface area contributed by atoms with E-state index in [1.807, 2.05) is 26.8 Å². The van der Waals surface area contributed by atoms with E-state index < -0.39 is 0 Å². The van der Waals surface area contributed by atoms with Crippen LogP contribution < -0.4 is 10.1 Å². The Kier molecular flexibility index (Phi) is 5.40. The molecule has 120 valence electrons. The Morgan fingerprint density at radius 2 is 1.83 bits per heavy atom. The zero-order valence-electron chi connectivity index (χ0n) is 13.3. The average molecular weight is 332 g/mol. The maximum atomic E-state index is 12.0. The zero-order valence-corrected chi connectivity index (χ0v) is 14.0. The number of aryl methyl sites for hydroxylation is 3. The molecule has 0 spiro atoms. The molecule has 5 heteroatoms. The Morgan fingerprint density at radius 1 is 1.17 bits per heavy atom. The molecular formula is C18H18ClNO3. The number of anilines is 1. The number of nitrogens with one attached hydrogen (secondary N) is 1. The fraction of sp³-hybridized carbons (Fsp3) is 0.222.